The van der Waals surface area contributed by atoms with Crippen molar-refractivity contribution in [3.05, 3.63) is 53.2 Å². The number of nitrogens with zero attached hydrogens (tertiary/aromatic N) is 1. The maximum absolute atomic E-state index is 11.7. The Balaban J connectivity index is 2.03. The quantitative estimate of drug-likeness (QED) is 0.836. The molecule has 0 aliphatic rings. The maximum Gasteiger partial charge on any atom is 0.230 e. The Morgan fingerprint density at radius 3 is 2.72 bits per heavy atom. The van der Waals surface area contributed by atoms with E-state index in [9.17, 15) is 9.90 Å². The van der Waals surface area contributed by atoms with Gasteiger partial charge in [0.25, 0.3) is 0 Å². The van der Waals surface area contributed by atoms with E-state index in [1.807, 2.05) is 0 Å². The van der Waals surface area contributed by atoms with E-state index in [0.717, 1.165) is 0 Å². The molecule has 0 saturated carbocycles. The first kappa shape index (κ1) is 12.4. The topological polar surface area (TPSA) is 62.2 Å². The van der Waals surface area contributed by atoms with Crippen molar-refractivity contribution in [3.63, 3.8) is 0 Å². The van der Waals surface area contributed by atoms with Crippen LogP contribution in [0.2, 0.25) is 5.15 Å². The van der Waals surface area contributed by atoms with E-state index in [1.165, 1.54) is 0 Å². The van der Waals surface area contributed by atoms with Gasteiger partial charge >= 0.3 is 0 Å². The number of amides is 1. The smallest absolute Gasteiger partial charge is 0.230 e. The molecule has 18 heavy (non-hydrogen) atoms. The molecule has 92 valence electrons. The van der Waals surface area contributed by atoms with Crippen LogP contribution in [0.3, 0.4) is 0 Å². The van der Waals surface area contributed by atoms with Crippen molar-refractivity contribution in [1.29, 1.82) is 0 Å². The first-order chi connectivity index (χ1) is 8.65. The van der Waals surface area contributed by atoms with Crippen LogP contribution in [0, 0.1) is 0 Å². The van der Waals surface area contributed by atoms with Crippen molar-refractivity contribution in [2.45, 2.75) is 6.42 Å². The summed E-state index contributed by atoms with van der Waals surface area (Å²) in [5.41, 5.74) is 0.567. The summed E-state index contributed by atoms with van der Waals surface area (Å²) in [6, 6.07) is 11.7. The van der Waals surface area contributed by atoms with Crippen LogP contribution in [0.1, 0.15) is 5.56 Å². The molecule has 2 aromatic rings. The SMILES string of the molecule is O=C(Cc1ccccc1O)Nc1cccc(Cl)n1. The van der Waals surface area contributed by atoms with E-state index in [2.05, 4.69) is 10.3 Å². The fourth-order valence-electron chi connectivity index (χ4n) is 1.50. The second kappa shape index (κ2) is 5.51. The summed E-state index contributed by atoms with van der Waals surface area (Å²) in [6.07, 6.45) is 0.0842. The number of para-hydroxylation sites is 1. The minimum Gasteiger partial charge on any atom is -0.508 e. The van der Waals surface area contributed by atoms with Crippen molar-refractivity contribution in [3.8, 4) is 5.75 Å². The number of phenolic OH excluding ortho intramolecular Hbond substituents is 1. The van der Waals surface area contributed by atoms with Crippen molar-refractivity contribution >= 4 is 23.3 Å². The predicted octanol–water partition coefficient (Wildman–Crippen LogP) is 2.62. The number of pyridine rings is 1. The number of anilines is 1. The van der Waals surface area contributed by atoms with E-state index in [-0.39, 0.29) is 18.1 Å². The van der Waals surface area contributed by atoms with Crippen LogP contribution >= 0.6 is 11.6 Å². The molecule has 1 amide bonds. The van der Waals surface area contributed by atoms with Crippen LogP contribution in [0.4, 0.5) is 5.82 Å². The average Bonchev–Trinajstić information content (AvgIpc) is 2.32. The number of aromatic hydroxyl groups is 1. The molecule has 0 atom stereocenters. The molecule has 0 bridgehead atoms. The summed E-state index contributed by atoms with van der Waals surface area (Å²) in [7, 11) is 0. The molecule has 1 heterocycles. The molecule has 0 fully saturated rings. The molecule has 0 radical (unpaired) electrons. The number of carbonyl (C=O) groups excluding carboxylic acids is 1. The standard InChI is InChI=1S/C13H11ClN2O2/c14-11-6-3-7-12(15-11)16-13(18)8-9-4-1-2-5-10(9)17/h1-7,17H,8H2,(H,15,16,18). The molecule has 0 unspecified atom stereocenters. The zero-order valence-electron chi connectivity index (χ0n) is 9.43. The summed E-state index contributed by atoms with van der Waals surface area (Å²) in [5.74, 6) is 0.237. The van der Waals surface area contributed by atoms with Crippen LogP contribution in [0.15, 0.2) is 42.5 Å². The van der Waals surface area contributed by atoms with Gasteiger partial charge in [-0.25, -0.2) is 4.98 Å². The number of hydrogen-bond acceptors (Lipinski definition) is 3. The Bertz CT molecular complexity index is 572. The van der Waals surface area contributed by atoms with Gasteiger partial charge in [0, 0.05) is 5.56 Å². The third kappa shape index (κ3) is 3.21. The van der Waals surface area contributed by atoms with Gasteiger partial charge < -0.3 is 10.4 Å². The number of halogens is 1. The highest BCUT2D eigenvalue weighted by Crippen LogP contribution is 2.17. The van der Waals surface area contributed by atoms with Gasteiger partial charge in [-0.15, -0.1) is 0 Å². The molecule has 1 aromatic carbocycles. The molecule has 2 rings (SSSR count). The Morgan fingerprint density at radius 2 is 2.00 bits per heavy atom. The van der Waals surface area contributed by atoms with Gasteiger partial charge in [-0.05, 0) is 18.2 Å². The van der Waals surface area contributed by atoms with Gasteiger partial charge in [-0.1, -0.05) is 35.9 Å². The fourth-order valence-corrected chi connectivity index (χ4v) is 1.66. The molecule has 0 spiro atoms. The second-order valence-electron chi connectivity index (χ2n) is 3.70. The molecule has 0 aliphatic heterocycles. The van der Waals surface area contributed by atoms with Gasteiger partial charge in [0.05, 0.1) is 6.42 Å². The van der Waals surface area contributed by atoms with Gasteiger partial charge in [-0.2, -0.15) is 0 Å². The molecule has 1 aromatic heterocycles. The fraction of sp³-hybridized carbons (Fsp3) is 0.0769. The minimum absolute atomic E-state index is 0.0842. The zero-order chi connectivity index (χ0) is 13.0. The number of benzene rings is 1. The number of aromatic nitrogens is 1. The van der Waals surface area contributed by atoms with E-state index in [1.54, 1.807) is 42.5 Å². The van der Waals surface area contributed by atoms with Crippen LogP contribution in [-0.4, -0.2) is 16.0 Å². The minimum atomic E-state index is -0.258. The van der Waals surface area contributed by atoms with Gasteiger partial charge in [0.1, 0.15) is 16.7 Å². The summed E-state index contributed by atoms with van der Waals surface area (Å²) in [5, 5.41) is 12.5. The van der Waals surface area contributed by atoms with Crippen molar-refractivity contribution in [2.75, 3.05) is 5.32 Å². The third-order valence-electron chi connectivity index (χ3n) is 2.33. The van der Waals surface area contributed by atoms with E-state index < -0.39 is 0 Å². The highest BCUT2D eigenvalue weighted by Gasteiger charge is 2.08. The van der Waals surface area contributed by atoms with Gasteiger partial charge in [0.2, 0.25) is 5.91 Å². The maximum atomic E-state index is 11.7. The Morgan fingerprint density at radius 1 is 1.22 bits per heavy atom. The van der Waals surface area contributed by atoms with Crippen molar-refractivity contribution in [1.82, 2.24) is 4.98 Å². The van der Waals surface area contributed by atoms with E-state index in [0.29, 0.717) is 16.5 Å². The third-order valence-corrected chi connectivity index (χ3v) is 2.54. The molecular formula is C13H11ClN2O2. The Labute approximate surface area is 109 Å². The number of phenols is 1. The summed E-state index contributed by atoms with van der Waals surface area (Å²) in [4.78, 5) is 15.7. The second-order valence-corrected chi connectivity index (χ2v) is 4.09. The lowest BCUT2D eigenvalue weighted by Crippen LogP contribution is -2.15. The lowest BCUT2D eigenvalue weighted by molar-refractivity contribution is -0.115. The van der Waals surface area contributed by atoms with Gasteiger partial charge in [0.15, 0.2) is 0 Å². The molecule has 0 aliphatic carbocycles. The van der Waals surface area contributed by atoms with Crippen LogP contribution < -0.4 is 5.32 Å². The van der Waals surface area contributed by atoms with Crippen molar-refractivity contribution < 1.29 is 9.90 Å². The molecular weight excluding hydrogens is 252 g/mol. The Kier molecular flexibility index (Phi) is 3.79. The monoisotopic (exact) mass is 262 g/mol. The number of rotatable bonds is 3. The first-order valence-electron chi connectivity index (χ1n) is 5.34. The number of nitrogens with one attached hydrogen (secondary N) is 1. The summed E-state index contributed by atoms with van der Waals surface area (Å²) >= 11 is 5.71. The number of hydrogen-bond donors (Lipinski definition) is 2. The van der Waals surface area contributed by atoms with Crippen LogP contribution in [-0.2, 0) is 11.2 Å². The number of carbonyl (C=O) groups is 1. The predicted molar refractivity (Wildman–Crippen MR) is 69.7 cm³/mol. The lowest BCUT2D eigenvalue weighted by atomic mass is 10.1. The lowest BCUT2D eigenvalue weighted by Gasteiger charge is -2.06. The molecule has 2 N–H and O–H groups in total. The van der Waals surface area contributed by atoms with Crippen LogP contribution in [0.5, 0.6) is 5.75 Å². The summed E-state index contributed by atoms with van der Waals surface area (Å²) < 4.78 is 0. The highest BCUT2D eigenvalue weighted by molar-refractivity contribution is 6.29. The molecule has 4 nitrogen and oxygen atoms in total. The molecule has 5 heteroatoms. The van der Waals surface area contributed by atoms with Gasteiger partial charge in [-0.3, -0.25) is 4.79 Å². The summed E-state index contributed by atoms with van der Waals surface area (Å²) in [6.45, 7) is 0. The van der Waals surface area contributed by atoms with E-state index in [4.69, 9.17) is 11.6 Å². The largest absolute Gasteiger partial charge is 0.508 e. The first-order valence-corrected chi connectivity index (χ1v) is 5.72. The molecule has 0 saturated heterocycles. The Hall–Kier alpha value is -2.07. The van der Waals surface area contributed by atoms with E-state index >= 15 is 0 Å². The van der Waals surface area contributed by atoms with Crippen molar-refractivity contribution in [2.24, 2.45) is 0 Å². The highest BCUT2D eigenvalue weighted by atomic mass is 35.5. The average molecular weight is 263 g/mol. The van der Waals surface area contributed by atoms with Crippen LogP contribution in [0.25, 0.3) is 0 Å². The zero-order valence-corrected chi connectivity index (χ0v) is 10.2. The normalized spacial score (nSPS) is 10.1.